The maximum Gasteiger partial charge on any atom is 0.243 e. The number of amides is 1. The molecule has 5 nitrogen and oxygen atoms in total. The summed E-state index contributed by atoms with van der Waals surface area (Å²) >= 11 is 0. The van der Waals surface area contributed by atoms with Crippen LogP contribution in [0.1, 0.15) is 45.2 Å². The van der Waals surface area contributed by atoms with Crippen molar-refractivity contribution in [1.82, 2.24) is 9.62 Å². The number of hydrogen-bond donors (Lipinski definition) is 1. The second-order valence-corrected chi connectivity index (χ2v) is 8.67. The molecule has 2 unspecified atom stereocenters. The fourth-order valence-corrected chi connectivity index (χ4v) is 4.58. The summed E-state index contributed by atoms with van der Waals surface area (Å²) in [7, 11) is -3.82. The van der Waals surface area contributed by atoms with Crippen LogP contribution in [-0.4, -0.2) is 31.2 Å². The zero-order chi connectivity index (χ0) is 20.7. The van der Waals surface area contributed by atoms with Gasteiger partial charge < -0.3 is 5.32 Å². The molecule has 0 fully saturated rings. The highest BCUT2D eigenvalue weighted by atomic mass is 32.2. The van der Waals surface area contributed by atoms with Gasteiger partial charge in [-0.2, -0.15) is 4.31 Å². The van der Waals surface area contributed by atoms with Gasteiger partial charge in [-0.1, -0.05) is 37.3 Å². The molecule has 0 saturated carbocycles. The summed E-state index contributed by atoms with van der Waals surface area (Å²) in [5, 5.41) is 2.90. The van der Waals surface area contributed by atoms with E-state index >= 15 is 0 Å². The largest absolute Gasteiger partial charge is 0.350 e. The van der Waals surface area contributed by atoms with Crippen molar-refractivity contribution in [3.63, 3.8) is 0 Å². The number of hydrogen-bond acceptors (Lipinski definition) is 3. The summed E-state index contributed by atoms with van der Waals surface area (Å²) in [6, 6.07) is 13.8. The molecule has 2 aromatic rings. The first-order chi connectivity index (χ1) is 13.3. The molecule has 0 heterocycles. The highest BCUT2D eigenvalue weighted by molar-refractivity contribution is 7.89. The van der Waals surface area contributed by atoms with E-state index in [-0.39, 0.29) is 35.9 Å². The van der Waals surface area contributed by atoms with Gasteiger partial charge in [0.2, 0.25) is 15.9 Å². The van der Waals surface area contributed by atoms with Gasteiger partial charge >= 0.3 is 0 Å². The van der Waals surface area contributed by atoms with Crippen LogP contribution in [0.5, 0.6) is 0 Å². The molecule has 2 atom stereocenters. The Morgan fingerprint density at radius 3 is 2.25 bits per heavy atom. The van der Waals surface area contributed by atoms with Crippen molar-refractivity contribution in [1.29, 1.82) is 0 Å². The Labute approximate surface area is 166 Å². The molecule has 0 aliphatic heterocycles. The van der Waals surface area contributed by atoms with E-state index in [1.807, 2.05) is 44.2 Å². The van der Waals surface area contributed by atoms with Crippen LogP contribution in [-0.2, 0) is 14.8 Å². The third-order valence-electron chi connectivity index (χ3n) is 4.74. The molecular weight excluding hydrogens is 379 g/mol. The van der Waals surface area contributed by atoms with Gasteiger partial charge in [0.1, 0.15) is 5.82 Å². The zero-order valence-corrected chi connectivity index (χ0v) is 17.2. The quantitative estimate of drug-likeness (QED) is 0.687. The predicted molar refractivity (Wildman–Crippen MR) is 108 cm³/mol. The van der Waals surface area contributed by atoms with Crippen LogP contribution in [0, 0.1) is 5.82 Å². The van der Waals surface area contributed by atoms with Gasteiger partial charge in [0.15, 0.2) is 0 Å². The molecule has 0 saturated heterocycles. The van der Waals surface area contributed by atoms with Gasteiger partial charge in [-0.25, -0.2) is 12.8 Å². The van der Waals surface area contributed by atoms with Crippen LogP contribution >= 0.6 is 0 Å². The molecule has 0 aromatic heterocycles. The Hall–Kier alpha value is -2.25. The lowest BCUT2D eigenvalue weighted by molar-refractivity contribution is -0.121. The predicted octanol–water partition coefficient (Wildman–Crippen LogP) is 3.88. The van der Waals surface area contributed by atoms with Crippen molar-refractivity contribution in [3.05, 3.63) is 66.0 Å². The van der Waals surface area contributed by atoms with Crippen molar-refractivity contribution >= 4 is 15.9 Å². The van der Waals surface area contributed by atoms with Gasteiger partial charge in [-0.3, -0.25) is 4.79 Å². The number of benzene rings is 2. The average Bonchev–Trinajstić information content (AvgIpc) is 2.68. The standard InChI is InChI=1S/C21H27FN2O3S/c1-4-16(2)24(28(26,27)20-12-10-19(22)11-13-20)15-14-21(25)23-17(3)18-8-6-5-7-9-18/h5-13,16-17H,4,14-15H2,1-3H3,(H,23,25). The molecule has 1 amide bonds. The Kier molecular flexibility index (Phi) is 7.71. The molecule has 152 valence electrons. The van der Waals surface area contributed by atoms with Gasteiger partial charge in [0.25, 0.3) is 0 Å². The summed E-state index contributed by atoms with van der Waals surface area (Å²) in [6.07, 6.45) is 0.643. The van der Waals surface area contributed by atoms with Crippen LogP contribution in [0.2, 0.25) is 0 Å². The minimum atomic E-state index is -3.82. The molecule has 0 spiro atoms. The summed E-state index contributed by atoms with van der Waals surface area (Å²) in [5.41, 5.74) is 0.980. The number of halogens is 1. The maximum absolute atomic E-state index is 13.2. The van der Waals surface area contributed by atoms with E-state index in [4.69, 9.17) is 0 Å². The number of carbonyl (C=O) groups is 1. The molecular formula is C21H27FN2O3S. The summed E-state index contributed by atoms with van der Waals surface area (Å²) in [4.78, 5) is 12.4. The molecule has 7 heteroatoms. The van der Waals surface area contributed by atoms with E-state index in [9.17, 15) is 17.6 Å². The fraction of sp³-hybridized carbons (Fsp3) is 0.381. The van der Waals surface area contributed by atoms with Crippen molar-refractivity contribution in [2.75, 3.05) is 6.54 Å². The second-order valence-electron chi connectivity index (χ2n) is 6.78. The summed E-state index contributed by atoms with van der Waals surface area (Å²) in [6.45, 7) is 5.62. The SMILES string of the molecule is CCC(C)N(CCC(=O)NC(C)c1ccccc1)S(=O)(=O)c1ccc(F)cc1. The normalized spacial score (nSPS) is 13.9. The highest BCUT2D eigenvalue weighted by Gasteiger charge is 2.28. The summed E-state index contributed by atoms with van der Waals surface area (Å²) < 4.78 is 40.4. The van der Waals surface area contributed by atoms with Crippen molar-refractivity contribution in [2.24, 2.45) is 0 Å². The van der Waals surface area contributed by atoms with Crippen molar-refractivity contribution < 1.29 is 17.6 Å². The van der Waals surface area contributed by atoms with Gasteiger partial charge in [0.05, 0.1) is 10.9 Å². The van der Waals surface area contributed by atoms with E-state index < -0.39 is 15.8 Å². The molecule has 0 aliphatic carbocycles. The molecule has 2 aromatic carbocycles. The van der Waals surface area contributed by atoms with Crippen molar-refractivity contribution in [3.8, 4) is 0 Å². The number of nitrogens with zero attached hydrogens (tertiary/aromatic N) is 1. The maximum atomic E-state index is 13.2. The van der Waals surface area contributed by atoms with E-state index in [2.05, 4.69) is 5.32 Å². The lowest BCUT2D eigenvalue weighted by atomic mass is 10.1. The van der Waals surface area contributed by atoms with E-state index in [1.165, 1.54) is 16.4 Å². The Morgan fingerprint density at radius 2 is 1.68 bits per heavy atom. The first-order valence-corrected chi connectivity index (χ1v) is 10.8. The van der Waals surface area contributed by atoms with Gasteiger partial charge in [-0.05, 0) is 50.1 Å². The molecule has 0 bridgehead atoms. The number of rotatable bonds is 9. The first-order valence-electron chi connectivity index (χ1n) is 9.37. The van der Waals surface area contributed by atoms with E-state index in [1.54, 1.807) is 6.92 Å². The smallest absolute Gasteiger partial charge is 0.243 e. The number of nitrogens with one attached hydrogen (secondary N) is 1. The molecule has 0 aliphatic rings. The van der Waals surface area contributed by atoms with Crippen LogP contribution in [0.3, 0.4) is 0 Å². The van der Waals surface area contributed by atoms with Gasteiger partial charge in [-0.15, -0.1) is 0 Å². The zero-order valence-electron chi connectivity index (χ0n) is 16.4. The number of carbonyl (C=O) groups excluding carboxylic acids is 1. The molecule has 28 heavy (non-hydrogen) atoms. The minimum absolute atomic E-state index is 0.0206. The molecule has 0 radical (unpaired) electrons. The second kappa shape index (κ2) is 9.80. The van der Waals surface area contributed by atoms with Crippen LogP contribution < -0.4 is 5.32 Å². The lowest BCUT2D eigenvalue weighted by Crippen LogP contribution is -2.41. The number of sulfonamides is 1. The lowest BCUT2D eigenvalue weighted by Gasteiger charge is -2.27. The highest BCUT2D eigenvalue weighted by Crippen LogP contribution is 2.20. The topological polar surface area (TPSA) is 66.5 Å². The Morgan fingerprint density at radius 1 is 1.07 bits per heavy atom. The monoisotopic (exact) mass is 406 g/mol. The Balaban J connectivity index is 2.08. The van der Waals surface area contributed by atoms with Crippen LogP contribution in [0.25, 0.3) is 0 Å². The van der Waals surface area contributed by atoms with E-state index in [0.29, 0.717) is 6.42 Å². The minimum Gasteiger partial charge on any atom is -0.350 e. The summed E-state index contributed by atoms with van der Waals surface area (Å²) in [5.74, 6) is -0.720. The Bertz CT molecular complexity index is 870. The third-order valence-corrected chi connectivity index (χ3v) is 6.77. The molecule has 2 rings (SSSR count). The van der Waals surface area contributed by atoms with E-state index in [0.717, 1.165) is 17.7 Å². The van der Waals surface area contributed by atoms with Gasteiger partial charge in [0, 0.05) is 19.0 Å². The average molecular weight is 407 g/mol. The first kappa shape index (κ1) is 22.0. The molecule has 1 N–H and O–H groups in total. The van der Waals surface area contributed by atoms with Crippen molar-refractivity contribution in [2.45, 2.75) is 50.6 Å². The fourth-order valence-electron chi connectivity index (χ4n) is 2.87. The third kappa shape index (κ3) is 5.62. The van der Waals surface area contributed by atoms with Crippen LogP contribution in [0.15, 0.2) is 59.5 Å². The van der Waals surface area contributed by atoms with Crippen LogP contribution in [0.4, 0.5) is 4.39 Å².